The first kappa shape index (κ1) is 20.0. The number of amides is 1. The number of ether oxygens (including phenoxy) is 1. The fraction of sp³-hybridized carbons (Fsp3) is 0.273. The summed E-state index contributed by atoms with van der Waals surface area (Å²) in [5.41, 5.74) is 9.37. The molecule has 0 saturated carbocycles. The van der Waals surface area contributed by atoms with Gasteiger partial charge in [0.05, 0.1) is 13.2 Å². The third-order valence-corrected chi connectivity index (χ3v) is 5.68. The van der Waals surface area contributed by atoms with Crippen molar-refractivity contribution in [2.45, 2.75) is 26.4 Å². The summed E-state index contributed by atoms with van der Waals surface area (Å²) in [6.45, 7) is 4.98. The van der Waals surface area contributed by atoms with E-state index in [4.69, 9.17) is 10.5 Å². The van der Waals surface area contributed by atoms with Gasteiger partial charge in [-0.15, -0.1) is 11.3 Å². The minimum absolute atomic E-state index is 0.0557. The molecule has 3 aromatic rings. The molecule has 1 atom stereocenters. The fourth-order valence-electron chi connectivity index (χ4n) is 3.18. The SMILES string of the molecule is CCN(C(=O)c1csc(CN)n1)C(C)c1ccc(-c2cccc(OC)c2)cc1. The van der Waals surface area contributed by atoms with E-state index in [9.17, 15) is 4.79 Å². The van der Waals surface area contributed by atoms with Crippen molar-refractivity contribution in [1.82, 2.24) is 9.88 Å². The van der Waals surface area contributed by atoms with E-state index in [0.717, 1.165) is 27.4 Å². The molecule has 146 valence electrons. The lowest BCUT2D eigenvalue weighted by atomic mass is 10.0. The summed E-state index contributed by atoms with van der Waals surface area (Å²) >= 11 is 1.42. The van der Waals surface area contributed by atoms with Crippen LogP contribution in [0.25, 0.3) is 11.1 Å². The summed E-state index contributed by atoms with van der Waals surface area (Å²) in [4.78, 5) is 19.1. The Morgan fingerprint density at radius 3 is 2.57 bits per heavy atom. The summed E-state index contributed by atoms with van der Waals surface area (Å²) < 4.78 is 5.31. The second-order valence-corrected chi connectivity index (χ2v) is 7.39. The van der Waals surface area contributed by atoms with Gasteiger partial charge in [0.1, 0.15) is 16.5 Å². The van der Waals surface area contributed by atoms with Crippen molar-refractivity contribution >= 4 is 17.2 Å². The van der Waals surface area contributed by atoms with E-state index in [2.05, 4.69) is 35.3 Å². The highest BCUT2D eigenvalue weighted by molar-refractivity contribution is 7.09. The molecule has 28 heavy (non-hydrogen) atoms. The van der Waals surface area contributed by atoms with E-state index in [1.807, 2.05) is 36.9 Å². The van der Waals surface area contributed by atoms with Crippen LogP contribution in [-0.2, 0) is 6.54 Å². The minimum atomic E-state index is -0.0668. The van der Waals surface area contributed by atoms with Crippen LogP contribution in [0.1, 0.15) is 40.9 Å². The number of thiazole rings is 1. The Bertz CT molecular complexity index is 937. The van der Waals surface area contributed by atoms with E-state index >= 15 is 0 Å². The molecule has 0 fully saturated rings. The topological polar surface area (TPSA) is 68.5 Å². The molecule has 5 nitrogen and oxygen atoms in total. The number of benzene rings is 2. The number of hydrogen-bond donors (Lipinski definition) is 1. The van der Waals surface area contributed by atoms with E-state index in [0.29, 0.717) is 18.8 Å². The van der Waals surface area contributed by atoms with Gasteiger partial charge in [-0.1, -0.05) is 36.4 Å². The van der Waals surface area contributed by atoms with Crippen LogP contribution in [0, 0.1) is 0 Å². The van der Waals surface area contributed by atoms with Crippen LogP contribution in [0.4, 0.5) is 0 Å². The summed E-state index contributed by atoms with van der Waals surface area (Å²) in [6, 6.07) is 16.2. The number of nitrogens with zero attached hydrogens (tertiary/aromatic N) is 2. The van der Waals surface area contributed by atoms with Crippen molar-refractivity contribution in [2.24, 2.45) is 5.73 Å². The molecule has 0 saturated heterocycles. The van der Waals surface area contributed by atoms with E-state index in [1.54, 1.807) is 12.5 Å². The highest BCUT2D eigenvalue weighted by atomic mass is 32.1. The van der Waals surface area contributed by atoms with Gasteiger partial charge in [0.15, 0.2) is 0 Å². The molecule has 1 aromatic heterocycles. The number of hydrogen-bond acceptors (Lipinski definition) is 5. The first-order valence-corrected chi connectivity index (χ1v) is 10.1. The van der Waals surface area contributed by atoms with E-state index in [1.165, 1.54) is 11.3 Å². The largest absolute Gasteiger partial charge is 0.497 e. The molecule has 0 aliphatic carbocycles. The maximum Gasteiger partial charge on any atom is 0.273 e. The zero-order valence-corrected chi connectivity index (χ0v) is 17.2. The number of methoxy groups -OCH3 is 1. The number of carbonyl (C=O) groups is 1. The molecule has 1 heterocycles. The summed E-state index contributed by atoms with van der Waals surface area (Å²) in [6.07, 6.45) is 0. The predicted octanol–water partition coefficient (Wildman–Crippen LogP) is 4.50. The molecule has 3 rings (SSSR count). The normalized spacial score (nSPS) is 11.9. The molecule has 0 aliphatic heterocycles. The Hall–Kier alpha value is -2.70. The van der Waals surface area contributed by atoms with Crippen LogP contribution in [-0.4, -0.2) is 29.4 Å². The van der Waals surface area contributed by atoms with Crippen LogP contribution < -0.4 is 10.5 Å². The highest BCUT2D eigenvalue weighted by Gasteiger charge is 2.23. The molecule has 1 amide bonds. The average molecular weight is 396 g/mol. The maximum absolute atomic E-state index is 12.9. The molecule has 0 spiro atoms. The van der Waals surface area contributed by atoms with Crippen molar-refractivity contribution in [3.63, 3.8) is 0 Å². The Balaban J connectivity index is 1.80. The van der Waals surface area contributed by atoms with Crippen molar-refractivity contribution in [3.8, 4) is 16.9 Å². The zero-order chi connectivity index (χ0) is 20.1. The number of carbonyl (C=O) groups excluding carboxylic acids is 1. The van der Waals surface area contributed by atoms with Crippen molar-refractivity contribution in [3.05, 3.63) is 70.2 Å². The monoisotopic (exact) mass is 395 g/mol. The maximum atomic E-state index is 12.9. The molecule has 0 bridgehead atoms. The Kier molecular flexibility index (Phi) is 6.44. The first-order chi connectivity index (χ1) is 13.6. The van der Waals surface area contributed by atoms with Gasteiger partial charge in [0.2, 0.25) is 0 Å². The van der Waals surface area contributed by atoms with Crippen molar-refractivity contribution in [2.75, 3.05) is 13.7 Å². The van der Waals surface area contributed by atoms with Gasteiger partial charge >= 0.3 is 0 Å². The number of aromatic nitrogens is 1. The van der Waals surface area contributed by atoms with Crippen LogP contribution in [0.5, 0.6) is 5.75 Å². The predicted molar refractivity (Wildman–Crippen MR) is 114 cm³/mol. The van der Waals surface area contributed by atoms with Gasteiger partial charge in [-0.2, -0.15) is 0 Å². The Morgan fingerprint density at radius 2 is 1.96 bits per heavy atom. The average Bonchev–Trinajstić information content (AvgIpc) is 3.23. The standard InChI is InChI=1S/C22H25N3O2S/c1-4-25(22(26)20-14-28-21(13-23)24-20)15(2)16-8-10-17(11-9-16)18-6-5-7-19(12-18)27-3/h5-12,14-15H,4,13,23H2,1-3H3. The van der Waals surface area contributed by atoms with Crippen molar-refractivity contribution in [1.29, 1.82) is 0 Å². The second-order valence-electron chi connectivity index (χ2n) is 6.45. The van der Waals surface area contributed by atoms with Crippen LogP contribution in [0.15, 0.2) is 53.9 Å². The van der Waals surface area contributed by atoms with Gasteiger partial charge in [0, 0.05) is 18.5 Å². The van der Waals surface area contributed by atoms with Gasteiger partial charge in [0.25, 0.3) is 5.91 Å². The summed E-state index contributed by atoms with van der Waals surface area (Å²) in [5.74, 6) is 0.764. The number of rotatable bonds is 7. The highest BCUT2D eigenvalue weighted by Crippen LogP contribution is 2.28. The van der Waals surface area contributed by atoms with Crippen LogP contribution >= 0.6 is 11.3 Å². The fourth-order valence-corrected chi connectivity index (χ4v) is 3.83. The van der Waals surface area contributed by atoms with Crippen LogP contribution in [0.3, 0.4) is 0 Å². The van der Waals surface area contributed by atoms with Gasteiger partial charge < -0.3 is 15.4 Å². The molecular formula is C22H25N3O2S. The first-order valence-electron chi connectivity index (χ1n) is 9.27. The second kappa shape index (κ2) is 8.99. The van der Waals surface area contributed by atoms with Gasteiger partial charge in [-0.25, -0.2) is 4.98 Å². The molecule has 2 aromatic carbocycles. The molecule has 1 unspecified atom stereocenters. The van der Waals surface area contributed by atoms with E-state index < -0.39 is 0 Å². The Labute approximate surface area is 169 Å². The molecular weight excluding hydrogens is 370 g/mol. The summed E-state index contributed by atoms with van der Waals surface area (Å²) in [5, 5.41) is 2.56. The number of nitrogens with two attached hydrogens (primary N) is 1. The minimum Gasteiger partial charge on any atom is -0.497 e. The molecule has 6 heteroatoms. The lowest BCUT2D eigenvalue weighted by molar-refractivity contribution is 0.0697. The third-order valence-electron chi connectivity index (χ3n) is 4.81. The Morgan fingerprint density at radius 1 is 1.21 bits per heavy atom. The van der Waals surface area contributed by atoms with Gasteiger partial charge in [-0.3, -0.25) is 4.79 Å². The summed E-state index contributed by atoms with van der Waals surface area (Å²) in [7, 11) is 1.67. The third kappa shape index (κ3) is 4.24. The smallest absolute Gasteiger partial charge is 0.273 e. The van der Waals surface area contributed by atoms with Crippen LogP contribution in [0.2, 0.25) is 0 Å². The quantitative estimate of drug-likeness (QED) is 0.639. The lowest BCUT2D eigenvalue weighted by Gasteiger charge is -2.28. The lowest BCUT2D eigenvalue weighted by Crippen LogP contribution is -2.33. The molecule has 0 aliphatic rings. The van der Waals surface area contributed by atoms with E-state index in [-0.39, 0.29) is 11.9 Å². The van der Waals surface area contributed by atoms with Gasteiger partial charge in [-0.05, 0) is 42.7 Å². The zero-order valence-electron chi connectivity index (χ0n) is 16.4. The van der Waals surface area contributed by atoms with Crippen molar-refractivity contribution < 1.29 is 9.53 Å². The molecule has 2 N–H and O–H groups in total. The molecule has 0 radical (unpaired) electrons.